The Morgan fingerprint density at radius 3 is 2.71 bits per heavy atom. The lowest BCUT2D eigenvalue weighted by Gasteiger charge is -2.09. The molecule has 1 aliphatic carbocycles. The molecule has 1 N–H and O–H groups in total. The van der Waals surface area contributed by atoms with Crippen molar-refractivity contribution in [2.24, 2.45) is 7.05 Å². The van der Waals surface area contributed by atoms with Crippen LogP contribution < -0.4 is 10.5 Å². The lowest BCUT2D eigenvalue weighted by Crippen LogP contribution is -2.13. The van der Waals surface area contributed by atoms with Crippen molar-refractivity contribution in [3.63, 3.8) is 0 Å². The molecule has 0 bridgehead atoms. The number of nitrogens with one attached hydrogen (secondary N) is 1. The minimum absolute atomic E-state index is 0.0600. The van der Waals surface area contributed by atoms with E-state index in [1.54, 1.807) is 19.2 Å². The van der Waals surface area contributed by atoms with Gasteiger partial charge < -0.3 is 4.42 Å². The van der Waals surface area contributed by atoms with Crippen LogP contribution in [0.3, 0.4) is 0 Å². The van der Waals surface area contributed by atoms with Gasteiger partial charge in [0.2, 0.25) is 0 Å². The Labute approximate surface area is 138 Å². The summed E-state index contributed by atoms with van der Waals surface area (Å²) in [5.41, 5.74) is 3.83. The molecule has 0 aliphatic heterocycles. The zero-order chi connectivity index (χ0) is 16.9. The minimum atomic E-state index is -3.75. The number of benzene rings is 2. The summed E-state index contributed by atoms with van der Waals surface area (Å²) in [6, 6.07) is 10.0. The van der Waals surface area contributed by atoms with E-state index in [4.69, 9.17) is 4.42 Å². The van der Waals surface area contributed by atoms with Gasteiger partial charge in [0.1, 0.15) is 0 Å². The molecule has 0 saturated heterocycles. The normalized spacial score (nSPS) is 14.0. The molecule has 3 aromatic rings. The van der Waals surface area contributed by atoms with Gasteiger partial charge in [0.15, 0.2) is 5.58 Å². The van der Waals surface area contributed by atoms with Gasteiger partial charge in [0.05, 0.1) is 10.4 Å². The highest BCUT2D eigenvalue weighted by molar-refractivity contribution is 7.92. The van der Waals surface area contributed by atoms with Crippen LogP contribution in [-0.4, -0.2) is 13.0 Å². The van der Waals surface area contributed by atoms with Crippen molar-refractivity contribution in [3.05, 3.63) is 58.1 Å². The number of fused-ring (bicyclic) bond motifs is 2. The third-order valence-corrected chi connectivity index (χ3v) is 5.80. The quantitative estimate of drug-likeness (QED) is 0.791. The third kappa shape index (κ3) is 2.41. The van der Waals surface area contributed by atoms with E-state index in [2.05, 4.69) is 4.72 Å². The van der Waals surface area contributed by atoms with E-state index in [1.165, 1.54) is 27.8 Å². The Bertz CT molecular complexity index is 1110. The van der Waals surface area contributed by atoms with Gasteiger partial charge in [0.25, 0.3) is 10.0 Å². The van der Waals surface area contributed by atoms with E-state index in [0.717, 1.165) is 19.3 Å². The Hall–Kier alpha value is -2.54. The smallest absolute Gasteiger partial charge is 0.408 e. The largest absolute Gasteiger partial charge is 0.419 e. The summed E-state index contributed by atoms with van der Waals surface area (Å²) < 4.78 is 34.2. The highest BCUT2D eigenvalue weighted by Gasteiger charge is 2.18. The van der Waals surface area contributed by atoms with E-state index in [0.29, 0.717) is 11.2 Å². The Morgan fingerprint density at radius 2 is 1.88 bits per heavy atom. The summed E-state index contributed by atoms with van der Waals surface area (Å²) in [7, 11) is -2.17. The first kappa shape index (κ1) is 15.0. The van der Waals surface area contributed by atoms with Gasteiger partial charge in [0, 0.05) is 18.8 Å². The topological polar surface area (TPSA) is 81.3 Å². The average molecular weight is 344 g/mol. The Kier molecular flexibility index (Phi) is 3.28. The van der Waals surface area contributed by atoms with Crippen molar-refractivity contribution in [2.75, 3.05) is 4.72 Å². The number of hydrogen-bond donors (Lipinski definition) is 1. The van der Waals surface area contributed by atoms with E-state index in [-0.39, 0.29) is 10.5 Å². The second-order valence-corrected chi connectivity index (χ2v) is 7.68. The van der Waals surface area contributed by atoms with Crippen LogP contribution in [0.4, 0.5) is 5.69 Å². The molecule has 0 unspecified atom stereocenters. The van der Waals surface area contributed by atoms with Crippen LogP contribution in [0.15, 0.2) is 50.5 Å². The number of hydrogen-bond acceptors (Lipinski definition) is 4. The lowest BCUT2D eigenvalue weighted by molar-refractivity contribution is 0.527. The van der Waals surface area contributed by atoms with Crippen LogP contribution in [0.5, 0.6) is 0 Å². The van der Waals surface area contributed by atoms with Gasteiger partial charge in [-0.3, -0.25) is 9.29 Å². The zero-order valence-electron chi connectivity index (χ0n) is 13.1. The SMILES string of the molecule is Cn1c(=O)oc2cc(S(=O)(=O)Nc3ccc4c(c3)CCC4)ccc21. The molecule has 7 heteroatoms. The van der Waals surface area contributed by atoms with E-state index >= 15 is 0 Å². The van der Waals surface area contributed by atoms with E-state index < -0.39 is 15.8 Å². The highest BCUT2D eigenvalue weighted by Crippen LogP contribution is 2.27. The fourth-order valence-electron chi connectivity index (χ4n) is 3.13. The summed E-state index contributed by atoms with van der Waals surface area (Å²) >= 11 is 0. The maximum absolute atomic E-state index is 12.6. The van der Waals surface area contributed by atoms with E-state index in [9.17, 15) is 13.2 Å². The van der Waals surface area contributed by atoms with Crippen molar-refractivity contribution in [1.82, 2.24) is 4.57 Å². The van der Waals surface area contributed by atoms with Gasteiger partial charge in [-0.1, -0.05) is 6.07 Å². The summed E-state index contributed by atoms with van der Waals surface area (Å²) in [6.45, 7) is 0. The predicted molar refractivity (Wildman–Crippen MR) is 90.7 cm³/mol. The molecule has 4 rings (SSSR count). The summed E-state index contributed by atoms with van der Waals surface area (Å²) in [5.74, 6) is -0.522. The fourth-order valence-corrected chi connectivity index (χ4v) is 4.20. The Morgan fingerprint density at radius 1 is 1.08 bits per heavy atom. The van der Waals surface area contributed by atoms with Gasteiger partial charge in [-0.05, 0) is 54.7 Å². The molecule has 6 nitrogen and oxygen atoms in total. The second kappa shape index (κ2) is 5.24. The van der Waals surface area contributed by atoms with Crippen LogP contribution in [-0.2, 0) is 29.9 Å². The molecule has 0 spiro atoms. The standard InChI is InChI=1S/C17H16N2O4S/c1-19-15-8-7-14(10-16(15)23-17(19)20)24(21,22)18-13-6-5-11-3-2-4-12(11)9-13/h5-10,18H,2-4H2,1H3. The molecule has 0 atom stereocenters. The number of aromatic nitrogens is 1. The van der Waals surface area contributed by atoms with Gasteiger partial charge in [-0.2, -0.15) is 0 Å². The number of sulfonamides is 1. The molecule has 0 fully saturated rings. The van der Waals surface area contributed by atoms with Crippen LogP contribution >= 0.6 is 0 Å². The molecule has 124 valence electrons. The van der Waals surface area contributed by atoms with Gasteiger partial charge in [-0.25, -0.2) is 13.2 Å². The van der Waals surface area contributed by atoms with Crippen LogP contribution in [0, 0.1) is 0 Å². The van der Waals surface area contributed by atoms with Crippen molar-refractivity contribution >= 4 is 26.8 Å². The van der Waals surface area contributed by atoms with Gasteiger partial charge >= 0.3 is 5.76 Å². The number of anilines is 1. The molecular weight excluding hydrogens is 328 g/mol. The van der Waals surface area contributed by atoms with Crippen LogP contribution in [0.2, 0.25) is 0 Å². The number of aryl methyl sites for hydroxylation is 3. The first-order valence-corrected chi connectivity index (χ1v) is 9.16. The molecule has 24 heavy (non-hydrogen) atoms. The molecule has 0 amide bonds. The predicted octanol–water partition coefficient (Wildman–Crippen LogP) is 2.42. The fraction of sp³-hybridized carbons (Fsp3) is 0.235. The van der Waals surface area contributed by atoms with Crippen molar-refractivity contribution < 1.29 is 12.8 Å². The van der Waals surface area contributed by atoms with Crippen molar-refractivity contribution in [1.29, 1.82) is 0 Å². The number of nitrogens with zero attached hydrogens (tertiary/aromatic N) is 1. The van der Waals surface area contributed by atoms with Crippen molar-refractivity contribution in [3.8, 4) is 0 Å². The Balaban J connectivity index is 1.71. The molecule has 1 aliphatic rings. The lowest BCUT2D eigenvalue weighted by atomic mass is 10.1. The molecule has 0 saturated carbocycles. The molecule has 1 aromatic heterocycles. The van der Waals surface area contributed by atoms with Crippen molar-refractivity contribution in [2.45, 2.75) is 24.2 Å². The minimum Gasteiger partial charge on any atom is -0.408 e. The molecule has 2 aromatic carbocycles. The van der Waals surface area contributed by atoms with Crippen LogP contribution in [0.25, 0.3) is 11.1 Å². The molecule has 1 heterocycles. The second-order valence-electron chi connectivity index (χ2n) is 6.00. The van der Waals surface area contributed by atoms with E-state index in [1.807, 2.05) is 12.1 Å². The maximum Gasteiger partial charge on any atom is 0.419 e. The first-order valence-electron chi connectivity index (χ1n) is 7.68. The first-order chi connectivity index (χ1) is 11.4. The summed E-state index contributed by atoms with van der Waals surface area (Å²) in [5, 5.41) is 0. The third-order valence-electron chi connectivity index (χ3n) is 4.42. The summed E-state index contributed by atoms with van der Waals surface area (Å²) in [4.78, 5) is 11.6. The van der Waals surface area contributed by atoms with Gasteiger partial charge in [-0.15, -0.1) is 0 Å². The number of oxazole rings is 1. The monoisotopic (exact) mass is 344 g/mol. The average Bonchev–Trinajstić information content (AvgIpc) is 3.11. The summed E-state index contributed by atoms with van der Waals surface area (Å²) in [6.07, 6.45) is 3.13. The maximum atomic E-state index is 12.6. The molecular formula is C17H16N2O4S. The molecule has 0 radical (unpaired) electrons. The highest BCUT2D eigenvalue weighted by atomic mass is 32.2. The zero-order valence-corrected chi connectivity index (χ0v) is 13.9. The van der Waals surface area contributed by atoms with Crippen LogP contribution in [0.1, 0.15) is 17.5 Å². The number of rotatable bonds is 3.